The molecule has 0 saturated heterocycles. The summed E-state index contributed by atoms with van der Waals surface area (Å²) in [7, 11) is -3.39. The zero-order valence-electron chi connectivity index (χ0n) is 12.0. The minimum absolute atomic E-state index is 0.0127. The molecule has 0 bridgehead atoms. The summed E-state index contributed by atoms with van der Waals surface area (Å²) in [6, 6.07) is 7.03. The van der Waals surface area contributed by atoms with Gasteiger partial charge in [-0.2, -0.15) is 4.31 Å². The van der Waals surface area contributed by atoms with Gasteiger partial charge in [-0.05, 0) is 44.0 Å². The fourth-order valence-corrected chi connectivity index (χ4v) is 3.77. The zero-order chi connectivity index (χ0) is 14.5. The first-order valence-corrected chi connectivity index (χ1v) is 8.22. The number of sulfonamides is 1. The van der Waals surface area contributed by atoms with Crippen molar-refractivity contribution in [2.45, 2.75) is 44.6 Å². The highest BCUT2D eigenvalue weighted by Crippen LogP contribution is 2.19. The summed E-state index contributed by atoms with van der Waals surface area (Å²) in [5.74, 6) is 0. The largest absolute Gasteiger partial charge is 0.330 e. The van der Waals surface area contributed by atoms with Crippen molar-refractivity contribution in [3.8, 4) is 0 Å². The summed E-state index contributed by atoms with van der Waals surface area (Å²) in [4.78, 5) is 0.357. The van der Waals surface area contributed by atoms with E-state index in [0.29, 0.717) is 18.0 Å². The Bertz CT molecular complexity index is 483. The second-order valence-corrected chi connectivity index (χ2v) is 6.54. The van der Waals surface area contributed by atoms with Gasteiger partial charge in [0.05, 0.1) is 4.90 Å². The third-order valence-electron chi connectivity index (χ3n) is 3.36. The van der Waals surface area contributed by atoms with E-state index in [1.54, 1.807) is 16.4 Å². The highest BCUT2D eigenvalue weighted by atomic mass is 32.2. The minimum atomic E-state index is -3.39. The van der Waals surface area contributed by atoms with Gasteiger partial charge in [0.15, 0.2) is 0 Å². The van der Waals surface area contributed by atoms with Crippen molar-refractivity contribution in [1.82, 2.24) is 4.31 Å². The van der Waals surface area contributed by atoms with Crippen molar-refractivity contribution in [1.29, 1.82) is 0 Å². The molecule has 0 fully saturated rings. The summed E-state index contributed by atoms with van der Waals surface area (Å²) in [6.45, 7) is 6.85. The molecule has 0 heterocycles. The molecular weight excluding hydrogens is 260 g/mol. The van der Waals surface area contributed by atoms with Gasteiger partial charge in [-0.1, -0.05) is 26.0 Å². The smallest absolute Gasteiger partial charge is 0.243 e. The van der Waals surface area contributed by atoms with Crippen LogP contribution in [0.5, 0.6) is 0 Å². The molecule has 0 amide bonds. The van der Waals surface area contributed by atoms with Gasteiger partial charge >= 0.3 is 0 Å². The molecule has 1 aromatic carbocycles. The SMILES string of the molecule is CCC(C)N(CC)S(=O)(=O)c1ccc(CCN)cc1. The van der Waals surface area contributed by atoms with Gasteiger partial charge in [0, 0.05) is 12.6 Å². The van der Waals surface area contributed by atoms with Crippen LogP contribution in [0.25, 0.3) is 0 Å². The molecule has 1 rings (SSSR count). The molecule has 1 unspecified atom stereocenters. The summed E-state index contributed by atoms with van der Waals surface area (Å²) in [6.07, 6.45) is 1.57. The maximum absolute atomic E-state index is 12.5. The number of nitrogens with zero attached hydrogens (tertiary/aromatic N) is 1. The van der Waals surface area contributed by atoms with E-state index in [1.165, 1.54) is 0 Å². The summed E-state index contributed by atoms with van der Waals surface area (Å²) in [5, 5.41) is 0. The molecule has 2 N–H and O–H groups in total. The van der Waals surface area contributed by atoms with Crippen LogP contribution in [-0.2, 0) is 16.4 Å². The van der Waals surface area contributed by atoms with E-state index in [2.05, 4.69) is 0 Å². The highest BCUT2D eigenvalue weighted by molar-refractivity contribution is 7.89. The molecule has 0 radical (unpaired) electrons. The predicted octanol–water partition coefficient (Wildman–Crippen LogP) is 2.00. The topological polar surface area (TPSA) is 63.4 Å². The van der Waals surface area contributed by atoms with Gasteiger partial charge in [-0.3, -0.25) is 0 Å². The Hall–Kier alpha value is -0.910. The summed E-state index contributed by atoms with van der Waals surface area (Å²) >= 11 is 0. The second kappa shape index (κ2) is 7.03. The zero-order valence-corrected chi connectivity index (χ0v) is 12.8. The molecule has 0 aromatic heterocycles. The first-order chi connectivity index (χ1) is 8.97. The molecule has 1 atom stereocenters. The molecule has 0 aliphatic heterocycles. The van der Waals surface area contributed by atoms with Crippen LogP contribution in [0.3, 0.4) is 0 Å². The molecule has 0 spiro atoms. The first-order valence-electron chi connectivity index (χ1n) is 6.78. The van der Waals surface area contributed by atoms with Crippen LogP contribution in [-0.4, -0.2) is 31.9 Å². The van der Waals surface area contributed by atoms with Crippen molar-refractivity contribution in [2.24, 2.45) is 5.73 Å². The molecule has 0 aliphatic rings. The van der Waals surface area contributed by atoms with Crippen LogP contribution in [0, 0.1) is 0 Å². The lowest BCUT2D eigenvalue weighted by atomic mass is 10.2. The van der Waals surface area contributed by atoms with Crippen LogP contribution in [0.15, 0.2) is 29.2 Å². The van der Waals surface area contributed by atoms with Gasteiger partial charge in [0.1, 0.15) is 0 Å². The van der Waals surface area contributed by atoms with E-state index in [9.17, 15) is 8.42 Å². The molecule has 19 heavy (non-hydrogen) atoms. The molecule has 0 saturated carbocycles. The van der Waals surface area contributed by atoms with Crippen molar-refractivity contribution in [3.63, 3.8) is 0 Å². The maximum Gasteiger partial charge on any atom is 0.243 e. The van der Waals surface area contributed by atoms with Crippen LogP contribution in [0.2, 0.25) is 0 Å². The predicted molar refractivity (Wildman–Crippen MR) is 78.5 cm³/mol. The lowest BCUT2D eigenvalue weighted by Gasteiger charge is -2.26. The monoisotopic (exact) mass is 284 g/mol. The lowest BCUT2D eigenvalue weighted by molar-refractivity contribution is 0.342. The van der Waals surface area contributed by atoms with Crippen LogP contribution >= 0.6 is 0 Å². The highest BCUT2D eigenvalue weighted by Gasteiger charge is 2.26. The average Bonchev–Trinajstić information content (AvgIpc) is 2.40. The summed E-state index contributed by atoms with van der Waals surface area (Å²) < 4.78 is 26.6. The third kappa shape index (κ3) is 3.78. The van der Waals surface area contributed by atoms with Crippen molar-refractivity contribution in [2.75, 3.05) is 13.1 Å². The normalized spacial score (nSPS) is 13.7. The fourth-order valence-electron chi connectivity index (χ4n) is 2.05. The first kappa shape index (κ1) is 16.1. The standard InChI is InChI=1S/C14H24N2O2S/c1-4-12(3)16(5-2)19(17,18)14-8-6-13(7-9-14)10-11-15/h6-9,12H,4-5,10-11,15H2,1-3H3. The van der Waals surface area contributed by atoms with Gasteiger partial charge < -0.3 is 5.73 Å². The quantitative estimate of drug-likeness (QED) is 0.833. The van der Waals surface area contributed by atoms with E-state index < -0.39 is 10.0 Å². The minimum Gasteiger partial charge on any atom is -0.330 e. The fraction of sp³-hybridized carbons (Fsp3) is 0.571. The lowest BCUT2D eigenvalue weighted by Crippen LogP contribution is -2.38. The number of hydrogen-bond donors (Lipinski definition) is 1. The molecule has 5 heteroatoms. The van der Waals surface area contributed by atoms with Crippen molar-refractivity contribution >= 4 is 10.0 Å². The van der Waals surface area contributed by atoms with E-state index >= 15 is 0 Å². The van der Waals surface area contributed by atoms with E-state index in [1.807, 2.05) is 32.9 Å². The molecular formula is C14H24N2O2S. The second-order valence-electron chi connectivity index (χ2n) is 4.65. The Labute approximate surface area is 116 Å². The Morgan fingerprint density at radius 2 is 1.79 bits per heavy atom. The van der Waals surface area contributed by atoms with Gasteiger partial charge in [-0.25, -0.2) is 8.42 Å². The third-order valence-corrected chi connectivity index (χ3v) is 5.46. The van der Waals surface area contributed by atoms with Crippen molar-refractivity contribution in [3.05, 3.63) is 29.8 Å². The van der Waals surface area contributed by atoms with Gasteiger partial charge in [-0.15, -0.1) is 0 Å². The number of benzene rings is 1. The average molecular weight is 284 g/mol. The van der Waals surface area contributed by atoms with Crippen LogP contribution in [0.4, 0.5) is 0 Å². The van der Waals surface area contributed by atoms with E-state index in [-0.39, 0.29) is 6.04 Å². The number of nitrogens with two attached hydrogens (primary N) is 1. The number of rotatable bonds is 7. The Morgan fingerprint density at radius 1 is 1.21 bits per heavy atom. The van der Waals surface area contributed by atoms with Crippen molar-refractivity contribution < 1.29 is 8.42 Å². The maximum atomic E-state index is 12.5. The Balaban J connectivity index is 3.04. The Kier molecular flexibility index (Phi) is 5.97. The van der Waals surface area contributed by atoms with E-state index in [4.69, 9.17) is 5.73 Å². The molecule has 4 nitrogen and oxygen atoms in total. The van der Waals surface area contributed by atoms with Gasteiger partial charge in [0.25, 0.3) is 0 Å². The van der Waals surface area contributed by atoms with Crippen LogP contribution < -0.4 is 5.73 Å². The van der Waals surface area contributed by atoms with Crippen LogP contribution in [0.1, 0.15) is 32.8 Å². The van der Waals surface area contributed by atoms with E-state index in [0.717, 1.165) is 18.4 Å². The summed E-state index contributed by atoms with van der Waals surface area (Å²) in [5.41, 5.74) is 6.55. The number of hydrogen-bond acceptors (Lipinski definition) is 3. The molecule has 1 aromatic rings. The van der Waals surface area contributed by atoms with Gasteiger partial charge in [0.2, 0.25) is 10.0 Å². The molecule has 0 aliphatic carbocycles. The molecule has 108 valence electrons. The Morgan fingerprint density at radius 3 is 2.21 bits per heavy atom.